The van der Waals surface area contributed by atoms with Gasteiger partial charge in [-0.3, -0.25) is 9.59 Å². The van der Waals surface area contributed by atoms with Gasteiger partial charge in [-0.1, -0.05) is 27.2 Å². The van der Waals surface area contributed by atoms with Crippen molar-refractivity contribution in [3.8, 4) is 0 Å². The lowest BCUT2D eigenvalue weighted by molar-refractivity contribution is -0.141. The van der Waals surface area contributed by atoms with Crippen LogP contribution < -0.4 is 16.0 Å². The van der Waals surface area contributed by atoms with Crippen LogP contribution in [0.3, 0.4) is 0 Å². The first-order chi connectivity index (χ1) is 14.3. The van der Waals surface area contributed by atoms with E-state index < -0.39 is 0 Å². The summed E-state index contributed by atoms with van der Waals surface area (Å²) in [6.45, 7) is 7.76. The Morgan fingerprint density at radius 2 is 1.87 bits per heavy atom. The molecule has 4 aliphatic rings. The topological polar surface area (TPSA) is 70.2 Å². The molecule has 5 nitrogen and oxygen atoms in total. The quantitative estimate of drug-likeness (QED) is 0.464. The lowest BCUT2D eigenvalue weighted by atomic mass is 9.47. The molecule has 2 amide bonds. The maximum Gasteiger partial charge on any atom is 0.229 e. The van der Waals surface area contributed by atoms with Crippen LogP contribution in [-0.2, 0) is 9.59 Å². The smallest absolute Gasteiger partial charge is 0.229 e. The van der Waals surface area contributed by atoms with Gasteiger partial charge in [0.1, 0.15) is 0 Å². The molecular weight excluding hydrogens is 394 g/mol. The third-order valence-corrected chi connectivity index (χ3v) is 9.71. The summed E-state index contributed by atoms with van der Waals surface area (Å²) in [4.78, 5) is 25.1. The Morgan fingerprint density at radius 1 is 1.10 bits per heavy atom. The van der Waals surface area contributed by atoms with Gasteiger partial charge in [0, 0.05) is 24.9 Å². The molecule has 7 atom stereocenters. The van der Waals surface area contributed by atoms with E-state index in [0.29, 0.717) is 35.3 Å². The number of fused-ring (bicyclic) bond motifs is 5. The maximum absolute atomic E-state index is 13.1. The molecule has 6 heteroatoms. The van der Waals surface area contributed by atoms with Crippen LogP contribution in [0.4, 0.5) is 0 Å². The summed E-state index contributed by atoms with van der Waals surface area (Å²) in [6, 6.07) is 0.344. The molecule has 0 radical (unpaired) electrons. The third kappa shape index (κ3) is 3.67. The Labute approximate surface area is 186 Å². The van der Waals surface area contributed by atoms with E-state index in [4.69, 9.17) is 12.2 Å². The minimum atomic E-state index is 0.0611. The van der Waals surface area contributed by atoms with E-state index >= 15 is 0 Å². The second kappa shape index (κ2) is 8.40. The molecule has 0 bridgehead atoms. The van der Waals surface area contributed by atoms with Gasteiger partial charge in [-0.2, -0.15) is 0 Å². The fourth-order valence-corrected chi connectivity index (χ4v) is 7.96. The largest absolute Gasteiger partial charge is 0.362 e. The molecule has 0 aromatic heterocycles. The molecule has 1 saturated heterocycles. The number of nitrogens with one attached hydrogen (secondary N) is 3. The van der Waals surface area contributed by atoms with E-state index in [0.717, 1.165) is 51.5 Å². The zero-order chi connectivity index (χ0) is 21.5. The van der Waals surface area contributed by atoms with Gasteiger partial charge in [0.2, 0.25) is 11.8 Å². The second-order valence-corrected chi connectivity index (χ2v) is 11.3. The zero-order valence-electron chi connectivity index (χ0n) is 18.9. The molecule has 2 unspecified atom stereocenters. The maximum atomic E-state index is 13.1. The van der Waals surface area contributed by atoms with Gasteiger partial charge in [-0.15, -0.1) is 0 Å². The summed E-state index contributed by atoms with van der Waals surface area (Å²) >= 11 is 5.37. The van der Waals surface area contributed by atoms with Gasteiger partial charge in [-0.25, -0.2) is 0 Å². The molecule has 0 aromatic carbocycles. The predicted molar refractivity (Wildman–Crippen MR) is 123 cm³/mol. The summed E-state index contributed by atoms with van der Waals surface area (Å²) in [5.74, 6) is 2.39. The summed E-state index contributed by atoms with van der Waals surface area (Å²) in [5.41, 5.74) is 0.300. The average Bonchev–Trinajstić information content (AvgIpc) is 3.06. The van der Waals surface area contributed by atoms with E-state index in [9.17, 15) is 9.59 Å². The van der Waals surface area contributed by atoms with Crippen molar-refractivity contribution in [1.29, 1.82) is 0 Å². The molecule has 1 aliphatic heterocycles. The van der Waals surface area contributed by atoms with Crippen molar-refractivity contribution < 1.29 is 9.59 Å². The molecule has 30 heavy (non-hydrogen) atoms. The molecule has 4 rings (SSSR count). The van der Waals surface area contributed by atoms with E-state index in [-0.39, 0.29) is 28.6 Å². The van der Waals surface area contributed by atoms with Crippen LogP contribution in [0, 0.1) is 34.5 Å². The highest BCUT2D eigenvalue weighted by Crippen LogP contribution is 2.65. The van der Waals surface area contributed by atoms with E-state index in [1.165, 1.54) is 12.8 Å². The minimum absolute atomic E-state index is 0.0611. The van der Waals surface area contributed by atoms with Gasteiger partial charge < -0.3 is 16.0 Å². The Balaban J connectivity index is 1.44. The van der Waals surface area contributed by atoms with Crippen LogP contribution in [0.5, 0.6) is 0 Å². The van der Waals surface area contributed by atoms with Crippen molar-refractivity contribution in [1.82, 2.24) is 16.0 Å². The first-order valence-electron chi connectivity index (χ1n) is 12.2. The Hall–Kier alpha value is -1.17. The summed E-state index contributed by atoms with van der Waals surface area (Å²) in [5, 5.41) is 9.97. The molecule has 0 spiro atoms. The number of unbranched alkanes of at least 4 members (excludes halogenated alkanes) is 1. The lowest BCUT2D eigenvalue weighted by Gasteiger charge is -2.60. The molecule has 0 aromatic rings. The Bertz CT molecular complexity index is 713. The van der Waals surface area contributed by atoms with Crippen molar-refractivity contribution >= 4 is 29.1 Å². The predicted octanol–water partition coefficient (Wildman–Crippen LogP) is 3.91. The van der Waals surface area contributed by atoms with Gasteiger partial charge in [0.25, 0.3) is 0 Å². The van der Waals surface area contributed by atoms with Crippen LogP contribution >= 0.6 is 12.2 Å². The average molecular weight is 434 g/mol. The van der Waals surface area contributed by atoms with Crippen molar-refractivity contribution in [2.24, 2.45) is 34.5 Å². The second-order valence-electron chi connectivity index (χ2n) is 10.9. The Morgan fingerprint density at radius 3 is 2.63 bits per heavy atom. The van der Waals surface area contributed by atoms with E-state index in [1.807, 2.05) is 0 Å². The fourth-order valence-electron chi connectivity index (χ4n) is 7.75. The molecule has 4 fully saturated rings. The van der Waals surface area contributed by atoms with Gasteiger partial charge in [0.05, 0.1) is 0 Å². The first-order valence-corrected chi connectivity index (χ1v) is 12.6. The number of thiocarbonyl (C=S) groups is 1. The number of piperidine rings is 1. The van der Waals surface area contributed by atoms with Crippen molar-refractivity contribution in [3.63, 3.8) is 0 Å². The molecule has 168 valence electrons. The molecule has 3 N–H and O–H groups in total. The van der Waals surface area contributed by atoms with Gasteiger partial charge in [-0.05, 0) is 92.2 Å². The standard InChI is InChI=1S/C24H39N3O2S/c1-4-5-14-25-22(30)27-21(29)18-8-7-16-15-6-9-19-24(3,13-11-20(28)26-19)17(15)10-12-23(16,18)2/h15-19H,4-14H2,1-3H3,(H,26,28)(H2,25,27,29,30)/t15-,16-,17+,18?,19?,23-,24+/m0/s1. The summed E-state index contributed by atoms with van der Waals surface area (Å²) in [7, 11) is 0. The van der Waals surface area contributed by atoms with Crippen LogP contribution in [0.1, 0.15) is 85.0 Å². The van der Waals surface area contributed by atoms with E-state index in [1.54, 1.807) is 0 Å². The van der Waals surface area contributed by atoms with Crippen molar-refractivity contribution in [2.45, 2.75) is 91.0 Å². The Kier molecular flexibility index (Phi) is 6.17. The zero-order valence-corrected chi connectivity index (χ0v) is 19.7. The summed E-state index contributed by atoms with van der Waals surface area (Å²) < 4.78 is 0. The highest BCUT2D eigenvalue weighted by atomic mass is 32.1. The SMILES string of the molecule is CCCCNC(=S)NC(=O)C1CC[C@H]2[C@@H]3CCC4NC(=O)CC[C@]4(C)[C@@H]3CC[C@]12C. The van der Waals surface area contributed by atoms with Crippen LogP contribution in [0.25, 0.3) is 0 Å². The highest BCUT2D eigenvalue weighted by molar-refractivity contribution is 7.80. The monoisotopic (exact) mass is 433 g/mol. The highest BCUT2D eigenvalue weighted by Gasteiger charge is 2.61. The fraction of sp³-hybridized carbons (Fsp3) is 0.875. The molecule has 3 saturated carbocycles. The molecule has 1 heterocycles. The van der Waals surface area contributed by atoms with Gasteiger partial charge in [0.15, 0.2) is 5.11 Å². The normalized spacial score (nSPS) is 42.4. The first kappa shape index (κ1) is 22.0. The number of carbonyl (C=O) groups excluding carboxylic acids is 2. The van der Waals surface area contributed by atoms with Crippen molar-refractivity contribution in [2.75, 3.05) is 6.54 Å². The van der Waals surface area contributed by atoms with Crippen LogP contribution in [0.2, 0.25) is 0 Å². The lowest BCUT2D eigenvalue weighted by Crippen LogP contribution is -2.61. The molecular formula is C24H39N3O2S. The number of rotatable bonds is 4. The minimum Gasteiger partial charge on any atom is -0.362 e. The third-order valence-electron chi connectivity index (χ3n) is 9.46. The number of carbonyl (C=O) groups is 2. The number of hydrogen-bond acceptors (Lipinski definition) is 3. The number of hydrogen-bond donors (Lipinski definition) is 3. The van der Waals surface area contributed by atoms with Crippen LogP contribution in [0.15, 0.2) is 0 Å². The van der Waals surface area contributed by atoms with E-state index in [2.05, 4.69) is 36.7 Å². The van der Waals surface area contributed by atoms with Crippen LogP contribution in [-0.4, -0.2) is 29.5 Å². The molecule has 3 aliphatic carbocycles. The number of amides is 2. The van der Waals surface area contributed by atoms with Gasteiger partial charge >= 0.3 is 0 Å². The summed E-state index contributed by atoms with van der Waals surface area (Å²) in [6.07, 6.45) is 10.6. The van der Waals surface area contributed by atoms with Crippen molar-refractivity contribution in [3.05, 3.63) is 0 Å².